The van der Waals surface area contributed by atoms with Crippen molar-refractivity contribution in [3.05, 3.63) is 21.7 Å². The van der Waals surface area contributed by atoms with Gasteiger partial charge in [-0.3, -0.25) is 4.79 Å². The van der Waals surface area contributed by atoms with Crippen molar-refractivity contribution in [1.29, 1.82) is 5.26 Å². The molecule has 1 fully saturated rings. The van der Waals surface area contributed by atoms with Crippen LogP contribution < -0.4 is 14.8 Å². The lowest BCUT2D eigenvalue weighted by Crippen LogP contribution is -2.47. The van der Waals surface area contributed by atoms with Crippen LogP contribution >= 0.6 is 23.2 Å². The second-order valence-electron chi connectivity index (χ2n) is 7.32. The zero-order valence-electron chi connectivity index (χ0n) is 16.1. The number of benzene rings is 1. The van der Waals surface area contributed by atoms with Crippen molar-refractivity contribution in [2.24, 2.45) is 5.92 Å². The number of nitrogens with one attached hydrogen (secondary N) is 1. The van der Waals surface area contributed by atoms with Crippen molar-refractivity contribution in [1.82, 2.24) is 10.2 Å². The summed E-state index contributed by atoms with van der Waals surface area (Å²) in [6.07, 6.45) is 2.24. The van der Waals surface area contributed by atoms with Crippen molar-refractivity contribution in [2.75, 3.05) is 39.4 Å². The molecule has 7 nitrogen and oxygen atoms in total. The average Bonchev–Trinajstić information content (AvgIpc) is 2.96. The molecule has 1 saturated heterocycles. The van der Waals surface area contributed by atoms with Gasteiger partial charge in [0.1, 0.15) is 5.02 Å². The molecule has 3 rings (SSSR count). The number of piperidine rings is 1. The number of amides is 1. The second kappa shape index (κ2) is 10.4. The number of halogens is 2. The van der Waals surface area contributed by atoms with Crippen molar-refractivity contribution >= 4 is 29.1 Å². The smallest absolute Gasteiger partial charge is 0.255 e. The fourth-order valence-electron chi connectivity index (χ4n) is 3.62. The number of hydrogen-bond acceptors (Lipinski definition) is 6. The predicted molar refractivity (Wildman–Crippen MR) is 110 cm³/mol. The number of carbonyl (C=O) groups excluding carboxylic acids is 1. The molecule has 2 aliphatic heterocycles. The van der Waals surface area contributed by atoms with Crippen LogP contribution in [0, 0.1) is 17.2 Å². The Labute approximate surface area is 180 Å². The molecule has 9 heteroatoms. The van der Waals surface area contributed by atoms with Crippen LogP contribution in [0.2, 0.25) is 10.0 Å². The van der Waals surface area contributed by atoms with Crippen molar-refractivity contribution < 1.29 is 19.4 Å². The Morgan fingerprint density at radius 3 is 2.83 bits per heavy atom. The molecular weight excluding hydrogens is 417 g/mol. The fourth-order valence-corrected chi connectivity index (χ4v) is 4.01. The van der Waals surface area contributed by atoms with Crippen LogP contribution in [0.25, 0.3) is 0 Å². The molecule has 29 heavy (non-hydrogen) atoms. The topological polar surface area (TPSA) is 94.8 Å². The Bertz CT molecular complexity index is 784. The van der Waals surface area contributed by atoms with Crippen LogP contribution in [-0.4, -0.2) is 61.4 Å². The third-order valence-electron chi connectivity index (χ3n) is 5.25. The van der Waals surface area contributed by atoms with Crippen LogP contribution in [0.1, 0.15) is 36.0 Å². The summed E-state index contributed by atoms with van der Waals surface area (Å²) < 4.78 is 11.3. The molecule has 0 aromatic heterocycles. The first kappa shape index (κ1) is 22.0. The van der Waals surface area contributed by atoms with Crippen LogP contribution in [-0.2, 0) is 0 Å². The van der Waals surface area contributed by atoms with Crippen molar-refractivity contribution in [3.63, 3.8) is 0 Å². The van der Waals surface area contributed by atoms with E-state index in [1.807, 2.05) is 0 Å². The molecule has 2 atom stereocenters. The van der Waals surface area contributed by atoms with E-state index in [4.69, 9.17) is 37.9 Å². The number of aliphatic hydroxyl groups excluding tert-OH is 1. The van der Waals surface area contributed by atoms with Gasteiger partial charge in [-0.15, -0.1) is 0 Å². The Kier molecular flexibility index (Phi) is 7.84. The molecule has 1 amide bonds. The van der Waals surface area contributed by atoms with Gasteiger partial charge < -0.3 is 24.8 Å². The summed E-state index contributed by atoms with van der Waals surface area (Å²) in [4.78, 5) is 15.0. The van der Waals surface area contributed by atoms with Gasteiger partial charge in [0.15, 0.2) is 11.5 Å². The summed E-state index contributed by atoms with van der Waals surface area (Å²) in [6.45, 7) is 3.40. The molecule has 1 aromatic rings. The molecular formula is C20H25Cl2N3O4. The minimum Gasteiger partial charge on any atom is -0.489 e. The highest BCUT2D eigenvalue weighted by atomic mass is 35.5. The molecule has 2 N–H and O–H groups in total. The van der Waals surface area contributed by atoms with Gasteiger partial charge in [-0.2, -0.15) is 5.26 Å². The Morgan fingerprint density at radius 1 is 1.34 bits per heavy atom. The van der Waals surface area contributed by atoms with Crippen LogP contribution in [0.4, 0.5) is 0 Å². The number of rotatable bonds is 6. The van der Waals surface area contributed by atoms with Crippen LogP contribution in [0.5, 0.6) is 11.5 Å². The van der Waals surface area contributed by atoms with Crippen LogP contribution in [0.3, 0.4) is 0 Å². The highest BCUT2D eigenvalue weighted by molar-refractivity contribution is 6.43. The highest BCUT2D eigenvalue weighted by Crippen LogP contribution is 2.44. The number of aliphatic hydroxyl groups is 1. The summed E-state index contributed by atoms with van der Waals surface area (Å²) in [5, 5.41) is 22.4. The van der Waals surface area contributed by atoms with E-state index in [1.165, 1.54) is 6.07 Å². The Morgan fingerprint density at radius 2 is 2.10 bits per heavy atom. The zero-order valence-corrected chi connectivity index (χ0v) is 17.6. The summed E-state index contributed by atoms with van der Waals surface area (Å²) in [5.41, 5.74) is 0.278. The van der Waals surface area contributed by atoms with Gasteiger partial charge >= 0.3 is 0 Å². The SMILES string of the molecule is N#CCCCN1CC[C@@H](CNC(=O)c2cc(Cl)c(Cl)c3c2OCCCO3)[C@H](O)C1. The van der Waals surface area contributed by atoms with Gasteiger partial charge in [-0.25, -0.2) is 0 Å². The summed E-state index contributed by atoms with van der Waals surface area (Å²) in [5.74, 6) is 0.230. The van der Waals surface area contributed by atoms with Gasteiger partial charge in [-0.05, 0) is 32.0 Å². The first-order valence-corrected chi connectivity index (χ1v) is 10.6. The molecule has 0 aliphatic carbocycles. The number of nitrogens with zero attached hydrogens (tertiary/aromatic N) is 2. The maximum Gasteiger partial charge on any atom is 0.255 e. The van der Waals surface area contributed by atoms with Gasteiger partial charge in [-0.1, -0.05) is 23.2 Å². The molecule has 0 spiro atoms. The highest BCUT2D eigenvalue weighted by Gasteiger charge is 2.29. The Hall–Kier alpha value is -1.72. The molecule has 0 unspecified atom stereocenters. The first-order chi connectivity index (χ1) is 14.0. The number of likely N-dealkylation sites (tertiary alicyclic amines) is 1. The van der Waals surface area contributed by atoms with Crippen LogP contribution in [0.15, 0.2) is 6.07 Å². The second-order valence-corrected chi connectivity index (χ2v) is 8.10. The van der Waals surface area contributed by atoms with E-state index in [1.54, 1.807) is 0 Å². The number of nitriles is 1. The number of hydrogen-bond donors (Lipinski definition) is 2. The third-order valence-corrected chi connectivity index (χ3v) is 6.02. The first-order valence-electron chi connectivity index (χ1n) is 9.84. The van der Waals surface area contributed by atoms with E-state index in [2.05, 4.69) is 16.3 Å². The number of unbranched alkanes of at least 4 members (excludes halogenated alkanes) is 1. The number of ether oxygens (including phenoxy) is 2. The maximum atomic E-state index is 12.8. The lowest BCUT2D eigenvalue weighted by atomic mass is 9.93. The molecule has 0 bridgehead atoms. The van der Waals surface area contributed by atoms with Gasteiger partial charge in [0.25, 0.3) is 5.91 Å². The molecule has 2 aliphatic rings. The predicted octanol–water partition coefficient (Wildman–Crippen LogP) is 2.87. The molecule has 0 radical (unpaired) electrons. The summed E-state index contributed by atoms with van der Waals surface area (Å²) in [6, 6.07) is 3.62. The lowest BCUT2D eigenvalue weighted by Gasteiger charge is -2.36. The maximum absolute atomic E-state index is 12.8. The third kappa shape index (κ3) is 5.46. The summed E-state index contributed by atoms with van der Waals surface area (Å²) >= 11 is 12.4. The number of β-amino-alcohol motifs (C(OH)–C–C–N with tert-alkyl or cyclic N) is 1. The van der Waals surface area contributed by atoms with Gasteiger partial charge in [0.05, 0.1) is 36.0 Å². The molecule has 158 valence electrons. The number of fused-ring (bicyclic) bond motifs is 1. The van der Waals surface area contributed by atoms with E-state index in [0.29, 0.717) is 50.6 Å². The van der Waals surface area contributed by atoms with E-state index in [9.17, 15) is 9.90 Å². The monoisotopic (exact) mass is 441 g/mol. The lowest BCUT2D eigenvalue weighted by molar-refractivity contribution is 0.0219. The standard InChI is InChI=1S/C20H25Cl2N3O4/c21-15-10-14(18-19(17(15)22)29-9-3-8-28-18)20(27)24-11-13-4-7-25(12-16(13)26)6-2-1-5-23/h10,13,16,26H,1-4,6-9,11-12H2,(H,24,27)/t13-,16+/m0/s1. The van der Waals surface area contributed by atoms with E-state index in [0.717, 1.165) is 25.9 Å². The quantitative estimate of drug-likeness (QED) is 0.658. The largest absolute Gasteiger partial charge is 0.489 e. The normalized spacial score (nSPS) is 21.9. The van der Waals surface area contributed by atoms with E-state index in [-0.39, 0.29) is 27.4 Å². The average molecular weight is 442 g/mol. The molecule has 1 aromatic carbocycles. The Balaban J connectivity index is 1.60. The fraction of sp³-hybridized carbons (Fsp3) is 0.600. The van der Waals surface area contributed by atoms with Gasteiger partial charge in [0, 0.05) is 31.8 Å². The van der Waals surface area contributed by atoms with E-state index >= 15 is 0 Å². The minimum atomic E-state index is -0.531. The van der Waals surface area contributed by atoms with E-state index < -0.39 is 6.10 Å². The minimum absolute atomic E-state index is 0.0373. The molecule has 2 heterocycles. The summed E-state index contributed by atoms with van der Waals surface area (Å²) in [7, 11) is 0. The van der Waals surface area contributed by atoms with Crippen molar-refractivity contribution in [3.8, 4) is 17.6 Å². The van der Waals surface area contributed by atoms with Crippen molar-refractivity contribution in [2.45, 2.75) is 31.8 Å². The zero-order chi connectivity index (χ0) is 20.8. The van der Waals surface area contributed by atoms with Gasteiger partial charge in [0.2, 0.25) is 0 Å². The number of carbonyl (C=O) groups is 1. The molecule has 0 saturated carbocycles.